The van der Waals surface area contributed by atoms with Gasteiger partial charge in [-0.3, -0.25) is 14.4 Å². The smallest absolute Gasteiger partial charge is 0.251 e. The maximum absolute atomic E-state index is 12.2. The highest BCUT2D eigenvalue weighted by molar-refractivity contribution is 5.97. The molecular weight excluding hydrogens is 380 g/mol. The van der Waals surface area contributed by atoms with Gasteiger partial charge in [-0.1, -0.05) is 33.8 Å². The van der Waals surface area contributed by atoms with E-state index in [1.165, 1.54) is 0 Å². The van der Waals surface area contributed by atoms with Crippen molar-refractivity contribution in [2.24, 2.45) is 5.41 Å². The number of hydrogen-bond acceptors (Lipinski definition) is 4. The van der Waals surface area contributed by atoms with Crippen molar-refractivity contribution in [2.75, 3.05) is 29.0 Å². The van der Waals surface area contributed by atoms with Crippen LogP contribution in [0.2, 0.25) is 0 Å². The first kappa shape index (κ1) is 22.9. The van der Waals surface area contributed by atoms with Crippen LogP contribution >= 0.6 is 0 Å². The number of amides is 3. The van der Waals surface area contributed by atoms with E-state index in [0.29, 0.717) is 23.5 Å². The van der Waals surface area contributed by atoms with Crippen molar-refractivity contribution in [3.8, 4) is 0 Å². The number of rotatable bonds is 8. The van der Waals surface area contributed by atoms with Crippen LogP contribution in [0.25, 0.3) is 0 Å². The Labute approximate surface area is 177 Å². The molecule has 2 aromatic rings. The molecule has 0 spiro atoms. The zero-order valence-electron chi connectivity index (χ0n) is 18.0. The first-order valence-electron chi connectivity index (χ1n) is 10.0. The first-order valence-corrected chi connectivity index (χ1v) is 10.0. The van der Waals surface area contributed by atoms with Gasteiger partial charge in [0.25, 0.3) is 5.91 Å². The number of benzene rings is 2. The highest BCUT2D eigenvalue weighted by Crippen LogP contribution is 2.20. The van der Waals surface area contributed by atoms with E-state index in [2.05, 4.69) is 21.3 Å². The monoisotopic (exact) mass is 410 g/mol. The average molecular weight is 411 g/mol. The van der Waals surface area contributed by atoms with Crippen molar-refractivity contribution in [1.29, 1.82) is 0 Å². The van der Waals surface area contributed by atoms with Crippen LogP contribution < -0.4 is 21.3 Å². The van der Waals surface area contributed by atoms with E-state index in [-0.39, 0.29) is 24.3 Å². The van der Waals surface area contributed by atoms with E-state index in [1.807, 2.05) is 33.8 Å². The van der Waals surface area contributed by atoms with Crippen molar-refractivity contribution in [2.45, 2.75) is 34.1 Å². The molecule has 0 unspecified atom stereocenters. The summed E-state index contributed by atoms with van der Waals surface area (Å²) in [5.41, 5.74) is 2.06. The Morgan fingerprint density at radius 2 is 1.53 bits per heavy atom. The fraction of sp³-hybridized carbons (Fsp3) is 0.348. The van der Waals surface area contributed by atoms with Crippen LogP contribution in [0.3, 0.4) is 0 Å². The standard InChI is InChI=1S/C23H30N4O3/c1-5-13-24-21(29)16-9-11-17(12-10-16)26-20(28)15-25-18-7-6-8-19(14-18)27-22(30)23(2,3)4/h6-12,14,25H,5,13,15H2,1-4H3,(H,24,29)(H,26,28)(H,27,30). The van der Waals surface area contributed by atoms with Gasteiger partial charge in [-0.05, 0) is 48.9 Å². The lowest BCUT2D eigenvalue weighted by molar-refractivity contribution is -0.123. The molecule has 0 bridgehead atoms. The maximum Gasteiger partial charge on any atom is 0.251 e. The second kappa shape index (κ2) is 10.4. The van der Waals surface area contributed by atoms with Crippen molar-refractivity contribution >= 4 is 34.8 Å². The Balaban J connectivity index is 1.87. The van der Waals surface area contributed by atoms with Gasteiger partial charge in [0.2, 0.25) is 11.8 Å². The van der Waals surface area contributed by atoms with Gasteiger partial charge in [0.1, 0.15) is 0 Å². The van der Waals surface area contributed by atoms with Crippen LogP contribution in [0.4, 0.5) is 17.1 Å². The summed E-state index contributed by atoms with van der Waals surface area (Å²) in [6, 6.07) is 14.0. The van der Waals surface area contributed by atoms with Gasteiger partial charge in [0.05, 0.1) is 6.54 Å². The number of hydrogen-bond donors (Lipinski definition) is 4. The van der Waals surface area contributed by atoms with Crippen LogP contribution in [-0.2, 0) is 9.59 Å². The first-order chi connectivity index (χ1) is 14.2. The minimum Gasteiger partial charge on any atom is -0.376 e. The molecule has 0 saturated heterocycles. The normalized spacial score (nSPS) is 10.8. The molecule has 0 aliphatic heterocycles. The van der Waals surface area contributed by atoms with E-state index in [9.17, 15) is 14.4 Å². The molecule has 0 heterocycles. The summed E-state index contributed by atoms with van der Waals surface area (Å²) in [5, 5.41) is 11.5. The van der Waals surface area contributed by atoms with Crippen molar-refractivity contribution in [3.05, 3.63) is 54.1 Å². The van der Waals surface area contributed by atoms with Gasteiger partial charge < -0.3 is 21.3 Å². The van der Waals surface area contributed by atoms with Gasteiger partial charge in [-0.25, -0.2) is 0 Å². The predicted molar refractivity (Wildman–Crippen MR) is 121 cm³/mol. The number of carbonyl (C=O) groups is 3. The quantitative estimate of drug-likeness (QED) is 0.531. The van der Waals surface area contributed by atoms with E-state index in [4.69, 9.17) is 0 Å². The summed E-state index contributed by atoms with van der Waals surface area (Å²) < 4.78 is 0. The molecule has 7 heteroatoms. The molecule has 0 aromatic heterocycles. The maximum atomic E-state index is 12.2. The minimum absolute atomic E-state index is 0.0649. The van der Waals surface area contributed by atoms with Gasteiger partial charge in [0.15, 0.2) is 0 Å². The fourth-order valence-corrected chi connectivity index (χ4v) is 2.46. The van der Waals surface area contributed by atoms with Crippen molar-refractivity contribution in [1.82, 2.24) is 5.32 Å². The number of nitrogens with one attached hydrogen (secondary N) is 4. The van der Waals surface area contributed by atoms with Crippen LogP contribution in [-0.4, -0.2) is 30.8 Å². The topological polar surface area (TPSA) is 99.3 Å². The van der Waals surface area contributed by atoms with Gasteiger partial charge in [-0.15, -0.1) is 0 Å². The number of carbonyl (C=O) groups excluding carboxylic acids is 3. The molecule has 2 aromatic carbocycles. The molecule has 0 atom stereocenters. The molecule has 0 saturated carbocycles. The molecule has 2 rings (SSSR count). The third kappa shape index (κ3) is 7.24. The minimum atomic E-state index is -0.491. The SMILES string of the molecule is CCCNC(=O)c1ccc(NC(=O)CNc2cccc(NC(=O)C(C)(C)C)c2)cc1. The molecule has 0 fully saturated rings. The second-order valence-electron chi connectivity index (χ2n) is 8.02. The molecule has 0 aliphatic carbocycles. The molecular formula is C23H30N4O3. The molecule has 7 nitrogen and oxygen atoms in total. The summed E-state index contributed by atoms with van der Waals surface area (Å²) in [6.45, 7) is 8.22. The van der Waals surface area contributed by atoms with Crippen LogP contribution in [0.5, 0.6) is 0 Å². The Morgan fingerprint density at radius 3 is 2.17 bits per heavy atom. The Bertz CT molecular complexity index is 886. The molecule has 3 amide bonds. The Morgan fingerprint density at radius 1 is 0.867 bits per heavy atom. The lowest BCUT2D eigenvalue weighted by Crippen LogP contribution is -2.27. The summed E-state index contributed by atoms with van der Waals surface area (Å²) in [6.07, 6.45) is 0.874. The summed E-state index contributed by atoms with van der Waals surface area (Å²) in [4.78, 5) is 36.2. The molecule has 0 radical (unpaired) electrons. The third-order valence-corrected chi connectivity index (χ3v) is 4.22. The van der Waals surface area contributed by atoms with E-state index in [0.717, 1.165) is 12.1 Å². The van der Waals surface area contributed by atoms with E-state index >= 15 is 0 Å². The Kier molecular flexibility index (Phi) is 7.98. The van der Waals surface area contributed by atoms with Crippen LogP contribution in [0.1, 0.15) is 44.5 Å². The summed E-state index contributed by atoms with van der Waals surface area (Å²) in [5.74, 6) is -0.429. The average Bonchev–Trinajstić information content (AvgIpc) is 2.70. The van der Waals surface area contributed by atoms with Crippen LogP contribution in [0, 0.1) is 5.41 Å². The van der Waals surface area contributed by atoms with Crippen LogP contribution in [0.15, 0.2) is 48.5 Å². The number of anilines is 3. The third-order valence-electron chi connectivity index (χ3n) is 4.22. The summed E-state index contributed by atoms with van der Waals surface area (Å²) >= 11 is 0. The van der Waals surface area contributed by atoms with Crippen molar-refractivity contribution in [3.63, 3.8) is 0 Å². The van der Waals surface area contributed by atoms with Gasteiger partial charge >= 0.3 is 0 Å². The molecule has 4 N–H and O–H groups in total. The Hall–Kier alpha value is -3.35. The second-order valence-corrected chi connectivity index (χ2v) is 8.02. The van der Waals surface area contributed by atoms with E-state index in [1.54, 1.807) is 42.5 Å². The fourth-order valence-electron chi connectivity index (χ4n) is 2.46. The van der Waals surface area contributed by atoms with Gasteiger partial charge in [0, 0.05) is 34.6 Å². The summed E-state index contributed by atoms with van der Waals surface area (Å²) in [7, 11) is 0. The predicted octanol–water partition coefficient (Wildman–Crippen LogP) is 3.86. The molecule has 160 valence electrons. The zero-order valence-corrected chi connectivity index (χ0v) is 18.0. The largest absolute Gasteiger partial charge is 0.376 e. The zero-order chi connectivity index (χ0) is 22.1. The lowest BCUT2D eigenvalue weighted by atomic mass is 9.95. The highest BCUT2D eigenvalue weighted by Gasteiger charge is 2.21. The molecule has 0 aliphatic rings. The lowest BCUT2D eigenvalue weighted by Gasteiger charge is -2.18. The van der Waals surface area contributed by atoms with E-state index < -0.39 is 5.41 Å². The van der Waals surface area contributed by atoms with Gasteiger partial charge in [-0.2, -0.15) is 0 Å². The van der Waals surface area contributed by atoms with Crippen molar-refractivity contribution < 1.29 is 14.4 Å². The molecule has 30 heavy (non-hydrogen) atoms. The highest BCUT2D eigenvalue weighted by atomic mass is 16.2.